The van der Waals surface area contributed by atoms with E-state index in [4.69, 9.17) is 0 Å². The van der Waals surface area contributed by atoms with Crippen LogP contribution in [0.3, 0.4) is 0 Å². The number of imide groups is 1. The van der Waals surface area contributed by atoms with Crippen LogP contribution in [0, 0.1) is 11.3 Å². The third kappa shape index (κ3) is 3.34. The van der Waals surface area contributed by atoms with Gasteiger partial charge in [-0.15, -0.1) is 0 Å². The van der Waals surface area contributed by atoms with E-state index in [9.17, 15) is 14.4 Å². The molecule has 1 aliphatic carbocycles. The van der Waals surface area contributed by atoms with E-state index >= 15 is 0 Å². The van der Waals surface area contributed by atoms with Gasteiger partial charge in [-0.1, -0.05) is 12.1 Å². The SMILES string of the molecule is O=C1CCC(N2Cc3c(CNCC4CCC45CCNCC5)cccc3C2=O)C(=O)N1. The lowest BCUT2D eigenvalue weighted by molar-refractivity contribution is -0.136. The van der Waals surface area contributed by atoms with Crippen molar-refractivity contribution in [2.45, 2.75) is 57.7 Å². The number of rotatable bonds is 5. The molecule has 0 bridgehead atoms. The fraction of sp³-hybridized carbons (Fsp3) is 0.609. The molecule has 3 fully saturated rings. The first-order valence-corrected chi connectivity index (χ1v) is 11.2. The maximum atomic E-state index is 12.9. The number of amides is 3. The quantitative estimate of drug-likeness (QED) is 0.637. The van der Waals surface area contributed by atoms with Crippen molar-refractivity contribution in [3.63, 3.8) is 0 Å². The number of carbonyl (C=O) groups is 3. The molecule has 1 spiro atoms. The number of carbonyl (C=O) groups excluding carboxylic acids is 3. The molecule has 3 aliphatic heterocycles. The molecular weight excluding hydrogens is 380 g/mol. The van der Waals surface area contributed by atoms with E-state index in [1.165, 1.54) is 25.7 Å². The molecule has 2 atom stereocenters. The Kier molecular flexibility index (Phi) is 5.11. The summed E-state index contributed by atoms with van der Waals surface area (Å²) in [4.78, 5) is 38.3. The highest BCUT2D eigenvalue weighted by atomic mass is 16.2. The molecule has 3 N–H and O–H groups in total. The molecule has 1 aromatic rings. The topological polar surface area (TPSA) is 90.5 Å². The zero-order valence-electron chi connectivity index (χ0n) is 17.3. The van der Waals surface area contributed by atoms with Crippen LogP contribution in [0.15, 0.2) is 18.2 Å². The van der Waals surface area contributed by atoms with Gasteiger partial charge in [-0.25, -0.2) is 0 Å². The average Bonchev–Trinajstić information content (AvgIpc) is 3.08. The van der Waals surface area contributed by atoms with Crippen LogP contribution < -0.4 is 16.0 Å². The zero-order chi connectivity index (χ0) is 20.7. The van der Waals surface area contributed by atoms with Crippen LogP contribution in [0.1, 0.15) is 60.0 Å². The Balaban J connectivity index is 1.23. The summed E-state index contributed by atoms with van der Waals surface area (Å²) in [5.41, 5.74) is 3.38. The summed E-state index contributed by atoms with van der Waals surface area (Å²) >= 11 is 0. The molecular formula is C23H30N4O3. The fourth-order valence-corrected chi connectivity index (χ4v) is 5.85. The van der Waals surface area contributed by atoms with Gasteiger partial charge in [-0.2, -0.15) is 0 Å². The molecule has 1 aromatic carbocycles. The first-order valence-electron chi connectivity index (χ1n) is 11.2. The highest BCUT2D eigenvalue weighted by Crippen LogP contribution is 2.52. The van der Waals surface area contributed by atoms with Crippen LogP contribution in [-0.2, 0) is 22.7 Å². The van der Waals surface area contributed by atoms with Gasteiger partial charge in [0.15, 0.2) is 0 Å². The third-order valence-electron chi connectivity index (χ3n) is 7.84. The number of nitrogens with zero attached hydrogens (tertiary/aromatic N) is 1. The first kappa shape index (κ1) is 19.7. The second kappa shape index (κ2) is 7.78. The van der Waals surface area contributed by atoms with Gasteiger partial charge in [-0.05, 0) is 80.3 Å². The van der Waals surface area contributed by atoms with Crippen molar-refractivity contribution in [1.29, 1.82) is 0 Å². The van der Waals surface area contributed by atoms with E-state index in [0.717, 1.165) is 43.2 Å². The van der Waals surface area contributed by atoms with Gasteiger partial charge in [0.25, 0.3) is 5.91 Å². The number of piperidine rings is 2. The molecule has 0 radical (unpaired) electrons. The standard InChI is InChI=1S/C23H30N4O3/c28-20-5-4-19(21(29)26-20)27-14-18-15(2-1-3-17(18)22(27)30)12-25-13-16-6-7-23(16)8-10-24-11-9-23/h1-3,16,19,24-25H,4-14H2,(H,26,28,29). The van der Waals surface area contributed by atoms with Gasteiger partial charge in [0.05, 0.1) is 0 Å². The summed E-state index contributed by atoms with van der Waals surface area (Å²) < 4.78 is 0. The molecule has 2 saturated heterocycles. The second-order valence-corrected chi connectivity index (χ2v) is 9.32. The molecule has 5 rings (SSSR count). The Bertz CT molecular complexity index is 877. The molecule has 160 valence electrons. The van der Waals surface area contributed by atoms with Crippen molar-refractivity contribution < 1.29 is 14.4 Å². The highest BCUT2D eigenvalue weighted by Gasteiger charge is 2.46. The Hall–Kier alpha value is -2.25. The van der Waals surface area contributed by atoms with Crippen molar-refractivity contribution >= 4 is 17.7 Å². The van der Waals surface area contributed by atoms with Crippen molar-refractivity contribution in [2.24, 2.45) is 11.3 Å². The number of hydrogen-bond donors (Lipinski definition) is 3. The van der Waals surface area contributed by atoms with E-state index in [1.54, 1.807) is 4.90 Å². The smallest absolute Gasteiger partial charge is 0.255 e. The molecule has 7 nitrogen and oxygen atoms in total. The Morgan fingerprint density at radius 2 is 1.93 bits per heavy atom. The van der Waals surface area contributed by atoms with Crippen LogP contribution in [-0.4, -0.2) is 48.3 Å². The van der Waals surface area contributed by atoms with Crippen LogP contribution in [0.2, 0.25) is 0 Å². The highest BCUT2D eigenvalue weighted by molar-refractivity contribution is 6.05. The van der Waals surface area contributed by atoms with E-state index < -0.39 is 6.04 Å². The summed E-state index contributed by atoms with van der Waals surface area (Å²) in [6, 6.07) is 5.30. The minimum absolute atomic E-state index is 0.103. The molecule has 1 saturated carbocycles. The maximum Gasteiger partial charge on any atom is 0.255 e. The number of benzene rings is 1. The first-order chi connectivity index (χ1) is 14.6. The normalized spacial score (nSPS) is 27.7. The molecule has 7 heteroatoms. The van der Waals surface area contributed by atoms with Crippen molar-refractivity contribution in [1.82, 2.24) is 20.9 Å². The predicted molar refractivity (Wildman–Crippen MR) is 111 cm³/mol. The van der Waals surface area contributed by atoms with E-state index in [1.807, 2.05) is 12.1 Å². The lowest BCUT2D eigenvalue weighted by Crippen LogP contribution is -2.52. The Morgan fingerprint density at radius 3 is 2.67 bits per heavy atom. The predicted octanol–water partition coefficient (Wildman–Crippen LogP) is 1.32. The molecule has 30 heavy (non-hydrogen) atoms. The minimum atomic E-state index is -0.557. The summed E-state index contributed by atoms with van der Waals surface area (Å²) in [6.45, 7) is 4.48. The van der Waals surface area contributed by atoms with Crippen LogP contribution in [0.25, 0.3) is 0 Å². The number of fused-ring (bicyclic) bond motifs is 1. The van der Waals surface area contributed by atoms with Crippen molar-refractivity contribution in [3.8, 4) is 0 Å². The molecule has 0 aromatic heterocycles. The second-order valence-electron chi connectivity index (χ2n) is 9.32. The Labute approximate surface area is 177 Å². The molecule has 3 heterocycles. The van der Waals surface area contributed by atoms with Crippen molar-refractivity contribution in [2.75, 3.05) is 19.6 Å². The van der Waals surface area contributed by atoms with Gasteiger partial charge in [0, 0.05) is 25.1 Å². The van der Waals surface area contributed by atoms with Crippen molar-refractivity contribution in [3.05, 3.63) is 34.9 Å². The summed E-state index contributed by atoms with van der Waals surface area (Å²) in [6.07, 6.45) is 5.92. The average molecular weight is 411 g/mol. The molecule has 2 unspecified atom stereocenters. The number of hydrogen-bond acceptors (Lipinski definition) is 5. The van der Waals surface area contributed by atoms with Gasteiger partial charge < -0.3 is 15.5 Å². The van der Waals surface area contributed by atoms with E-state index in [0.29, 0.717) is 23.9 Å². The maximum absolute atomic E-state index is 12.9. The third-order valence-corrected chi connectivity index (χ3v) is 7.84. The van der Waals surface area contributed by atoms with Crippen LogP contribution in [0.4, 0.5) is 0 Å². The van der Waals surface area contributed by atoms with Crippen LogP contribution in [0.5, 0.6) is 0 Å². The molecule has 3 amide bonds. The van der Waals surface area contributed by atoms with Gasteiger partial charge in [0.2, 0.25) is 11.8 Å². The number of nitrogens with one attached hydrogen (secondary N) is 3. The van der Waals surface area contributed by atoms with Crippen LogP contribution >= 0.6 is 0 Å². The van der Waals surface area contributed by atoms with Gasteiger partial charge in [0.1, 0.15) is 6.04 Å². The minimum Gasteiger partial charge on any atom is -0.322 e. The summed E-state index contributed by atoms with van der Waals surface area (Å²) in [5, 5.41) is 9.50. The lowest BCUT2D eigenvalue weighted by Gasteiger charge is -2.52. The monoisotopic (exact) mass is 410 g/mol. The van der Waals surface area contributed by atoms with E-state index in [2.05, 4.69) is 22.0 Å². The van der Waals surface area contributed by atoms with Gasteiger partial charge in [-0.3, -0.25) is 19.7 Å². The zero-order valence-corrected chi connectivity index (χ0v) is 17.3. The van der Waals surface area contributed by atoms with Gasteiger partial charge >= 0.3 is 0 Å². The Morgan fingerprint density at radius 1 is 1.10 bits per heavy atom. The summed E-state index contributed by atoms with van der Waals surface area (Å²) in [5.74, 6) is 0.0316. The van der Waals surface area contributed by atoms with E-state index in [-0.39, 0.29) is 24.1 Å². The lowest BCUT2D eigenvalue weighted by atomic mass is 9.56. The molecule has 4 aliphatic rings. The largest absolute Gasteiger partial charge is 0.322 e. The summed E-state index contributed by atoms with van der Waals surface area (Å²) in [7, 11) is 0. The fourth-order valence-electron chi connectivity index (χ4n) is 5.85.